The molecule has 4 rings (SSSR count). The summed E-state index contributed by atoms with van der Waals surface area (Å²) in [5, 5.41) is 22.1. The van der Waals surface area contributed by atoms with Crippen molar-refractivity contribution in [1.82, 2.24) is 0 Å². The van der Waals surface area contributed by atoms with Crippen LogP contribution in [0, 0.1) is 11.3 Å². The normalized spacial score (nSPS) is 53.6. The van der Waals surface area contributed by atoms with Crippen molar-refractivity contribution in [1.29, 1.82) is 0 Å². The first-order valence-corrected chi connectivity index (χ1v) is 9.32. The molecule has 1 saturated heterocycles. The largest absolute Gasteiger partial charge is 0.389 e. The fourth-order valence-electron chi connectivity index (χ4n) is 5.17. The van der Waals surface area contributed by atoms with Gasteiger partial charge in [0.15, 0.2) is 0 Å². The van der Waals surface area contributed by atoms with E-state index in [4.69, 9.17) is 9.47 Å². The molecule has 4 aliphatic rings. The zero-order chi connectivity index (χ0) is 17.3. The molecule has 4 heteroatoms. The number of fused-ring (bicyclic) bond motifs is 2. The molecule has 4 nitrogen and oxygen atoms in total. The van der Waals surface area contributed by atoms with Crippen LogP contribution >= 0.6 is 0 Å². The van der Waals surface area contributed by atoms with E-state index < -0.39 is 11.9 Å². The van der Waals surface area contributed by atoms with Gasteiger partial charge in [0.2, 0.25) is 5.79 Å². The Morgan fingerprint density at radius 3 is 2.75 bits per heavy atom. The van der Waals surface area contributed by atoms with Crippen molar-refractivity contribution in [2.45, 2.75) is 83.4 Å². The minimum Gasteiger partial charge on any atom is -0.389 e. The Hall–Kier alpha value is -0.680. The number of epoxide rings is 1. The minimum absolute atomic E-state index is 0.0430. The van der Waals surface area contributed by atoms with Gasteiger partial charge in [0.05, 0.1) is 18.3 Å². The van der Waals surface area contributed by atoms with E-state index in [2.05, 4.69) is 26.8 Å². The van der Waals surface area contributed by atoms with Crippen LogP contribution in [-0.2, 0) is 9.47 Å². The van der Waals surface area contributed by atoms with Gasteiger partial charge in [-0.25, -0.2) is 0 Å². The molecule has 2 heterocycles. The van der Waals surface area contributed by atoms with Gasteiger partial charge >= 0.3 is 0 Å². The lowest BCUT2D eigenvalue weighted by Crippen LogP contribution is -2.47. The highest BCUT2D eigenvalue weighted by atomic mass is 16.7. The van der Waals surface area contributed by atoms with E-state index in [1.165, 1.54) is 5.57 Å². The number of aliphatic hydroxyl groups is 2. The first-order valence-electron chi connectivity index (χ1n) is 9.32. The highest BCUT2D eigenvalue weighted by Gasteiger charge is 2.68. The Labute approximate surface area is 144 Å². The standard InChI is InChI=1S/C20H30O4/c1-12-6-5-8-19(4)17(24-19)20(22)16-14(11-23-20)18(3,9-7-12)13(2)10-15(16)21/h6,13,15,17,21-22H,5,7-11H2,1-4H3/b12-6+/t13-,15+,17+,18?,19-,20+/m1/s1. The molecule has 0 amide bonds. The minimum atomic E-state index is -1.46. The number of hydrogen-bond donors (Lipinski definition) is 2. The highest BCUT2D eigenvalue weighted by Crippen LogP contribution is 2.59. The highest BCUT2D eigenvalue weighted by molar-refractivity contribution is 5.41. The SMILES string of the molecule is C/C1=C\CC[C@@]2(C)O[C@@H]2[C@@]2(O)OCC3=C2[C@@H](O)C[C@@H](C)C3(C)CC1. The molecule has 0 radical (unpaired) electrons. The molecule has 134 valence electrons. The second-order valence-corrected chi connectivity index (χ2v) is 8.85. The molecule has 1 unspecified atom stereocenters. The summed E-state index contributed by atoms with van der Waals surface area (Å²) in [5.74, 6) is -1.09. The van der Waals surface area contributed by atoms with E-state index in [0.29, 0.717) is 24.5 Å². The monoisotopic (exact) mass is 334 g/mol. The molecular weight excluding hydrogens is 304 g/mol. The van der Waals surface area contributed by atoms with Crippen LogP contribution in [0.15, 0.2) is 22.8 Å². The number of rotatable bonds is 0. The molecule has 0 saturated carbocycles. The van der Waals surface area contributed by atoms with Gasteiger partial charge in [-0.3, -0.25) is 0 Å². The van der Waals surface area contributed by atoms with Crippen LogP contribution in [-0.4, -0.2) is 40.4 Å². The smallest absolute Gasteiger partial charge is 0.221 e. The number of allylic oxidation sites excluding steroid dienone is 2. The van der Waals surface area contributed by atoms with E-state index >= 15 is 0 Å². The number of hydrogen-bond acceptors (Lipinski definition) is 4. The number of ether oxygens (including phenoxy) is 2. The van der Waals surface area contributed by atoms with E-state index in [0.717, 1.165) is 31.3 Å². The fourth-order valence-corrected chi connectivity index (χ4v) is 5.17. The zero-order valence-corrected chi connectivity index (χ0v) is 15.3. The molecule has 2 aliphatic heterocycles. The van der Waals surface area contributed by atoms with Gasteiger partial charge < -0.3 is 19.7 Å². The lowest BCUT2D eigenvalue weighted by molar-refractivity contribution is -0.175. The summed E-state index contributed by atoms with van der Waals surface area (Å²) in [6, 6.07) is 0. The Morgan fingerprint density at radius 2 is 2.00 bits per heavy atom. The van der Waals surface area contributed by atoms with Crippen LogP contribution in [0.3, 0.4) is 0 Å². The Kier molecular flexibility index (Phi) is 3.61. The van der Waals surface area contributed by atoms with Gasteiger partial charge in [-0.2, -0.15) is 0 Å². The molecule has 24 heavy (non-hydrogen) atoms. The second-order valence-electron chi connectivity index (χ2n) is 8.85. The average Bonchev–Trinajstić information content (AvgIpc) is 3.05. The van der Waals surface area contributed by atoms with Crippen LogP contribution in [0.5, 0.6) is 0 Å². The molecule has 2 aliphatic carbocycles. The van der Waals surface area contributed by atoms with E-state index in [1.54, 1.807) is 0 Å². The molecule has 0 aromatic rings. The molecule has 2 N–H and O–H groups in total. The van der Waals surface area contributed by atoms with E-state index in [9.17, 15) is 10.2 Å². The Morgan fingerprint density at radius 1 is 1.25 bits per heavy atom. The Balaban J connectivity index is 1.82. The molecule has 0 aromatic heterocycles. The van der Waals surface area contributed by atoms with Crippen LogP contribution in [0.1, 0.15) is 59.8 Å². The van der Waals surface area contributed by atoms with Gasteiger partial charge in [-0.1, -0.05) is 25.5 Å². The van der Waals surface area contributed by atoms with Gasteiger partial charge in [0.1, 0.15) is 6.10 Å². The van der Waals surface area contributed by atoms with Crippen LogP contribution in [0.2, 0.25) is 0 Å². The topological polar surface area (TPSA) is 62.2 Å². The summed E-state index contributed by atoms with van der Waals surface area (Å²) in [4.78, 5) is 0. The summed E-state index contributed by atoms with van der Waals surface area (Å²) in [6.45, 7) is 9.15. The van der Waals surface area contributed by atoms with Crippen molar-refractivity contribution in [3.05, 3.63) is 22.8 Å². The number of aliphatic hydroxyl groups excluding tert-OH is 1. The molecule has 4 bridgehead atoms. The quantitative estimate of drug-likeness (QED) is 0.528. The van der Waals surface area contributed by atoms with Crippen molar-refractivity contribution >= 4 is 0 Å². The van der Waals surface area contributed by atoms with Crippen molar-refractivity contribution in [3.63, 3.8) is 0 Å². The zero-order valence-electron chi connectivity index (χ0n) is 15.3. The molecular formula is C20H30O4. The predicted molar refractivity (Wildman–Crippen MR) is 91.3 cm³/mol. The summed E-state index contributed by atoms with van der Waals surface area (Å²) >= 11 is 0. The molecule has 0 spiro atoms. The van der Waals surface area contributed by atoms with E-state index in [-0.39, 0.29) is 17.1 Å². The molecule has 6 atom stereocenters. The van der Waals surface area contributed by atoms with Crippen LogP contribution in [0.4, 0.5) is 0 Å². The van der Waals surface area contributed by atoms with Crippen molar-refractivity contribution in [3.8, 4) is 0 Å². The van der Waals surface area contributed by atoms with Crippen LogP contribution in [0.25, 0.3) is 0 Å². The molecule has 1 fully saturated rings. The third-order valence-corrected chi connectivity index (χ3v) is 7.25. The lowest BCUT2D eigenvalue weighted by atomic mass is 9.61. The Bertz CT molecular complexity index is 623. The maximum absolute atomic E-state index is 11.3. The lowest BCUT2D eigenvalue weighted by Gasteiger charge is -2.44. The third-order valence-electron chi connectivity index (χ3n) is 7.25. The summed E-state index contributed by atoms with van der Waals surface area (Å²) in [7, 11) is 0. The summed E-state index contributed by atoms with van der Waals surface area (Å²) in [5.41, 5.74) is 2.83. The first kappa shape index (κ1) is 16.8. The summed E-state index contributed by atoms with van der Waals surface area (Å²) < 4.78 is 11.9. The van der Waals surface area contributed by atoms with Crippen LogP contribution < -0.4 is 0 Å². The summed E-state index contributed by atoms with van der Waals surface area (Å²) in [6.07, 6.45) is 5.88. The van der Waals surface area contributed by atoms with E-state index in [1.807, 2.05) is 6.92 Å². The van der Waals surface area contributed by atoms with Crippen molar-refractivity contribution in [2.24, 2.45) is 11.3 Å². The fraction of sp³-hybridized carbons (Fsp3) is 0.800. The van der Waals surface area contributed by atoms with Gasteiger partial charge in [0.25, 0.3) is 0 Å². The van der Waals surface area contributed by atoms with Crippen molar-refractivity contribution < 1.29 is 19.7 Å². The molecule has 0 aromatic carbocycles. The van der Waals surface area contributed by atoms with Gasteiger partial charge in [-0.05, 0) is 62.9 Å². The third kappa shape index (κ3) is 2.20. The average molecular weight is 334 g/mol. The second kappa shape index (κ2) is 5.16. The maximum atomic E-state index is 11.3. The predicted octanol–water partition coefficient (Wildman–Crippen LogP) is 3.09. The maximum Gasteiger partial charge on any atom is 0.221 e. The van der Waals surface area contributed by atoms with Gasteiger partial charge in [0, 0.05) is 5.57 Å². The van der Waals surface area contributed by atoms with Crippen molar-refractivity contribution in [2.75, 3.05) is 6.61 Å². The van der Waals surface area contributed by atoms with Gasteiger partial charge in [-0.15, -0.1) is 0 Å². The first-order chi connectivity index (χ1) is 11.2.